The Morgan fingerprint density at radius 2 is 0.493 bits per heavy atom. The van der Waals surface area contributed by atoms with Crippen molar-refractivity contribution in [2.45, 2.75) is 344 Å². The van der Waals surface area contributed by atoms with E-state index in [1.54, 1.807) is 83.8 Å². The Bertz CT molecular complexity index is 3950. The molecule has 35 nitrogen and oxygen atoms in total. The number of aromatic nitrogens is 5. The molecule has 0 atom stereocenters. The molecule has 4 aliphatic rings. The third-order valence-electron chi connectivity index (χ3n) is 18.6. The minimum Gasteiger partial charge on any atom is -0.481 e. The van der Waals surface area contributed by atoms with Crippen LogP contribution < -0.4 is 0 Å². The SMILES string of the molecule is C.CC(=O)O.CC(=O)O.CC(C)(C)C(=O)O.CC(C)(C)C(O)O.CC(O)O.CC(O)O.CC(O)O.CCCCCCCC(=O)O.CCCCCCCC(=O)O.CCCCCCCC(O)O.CN=C(C)c1cccc(C(C)=NC)n1.CN=C(C)c1cccc(C(C)=NC)n1.CN=C(C)c1cccc(C(C)=NC)n1.[Co].[Co].[Co].[Co].[Co].c1cc(C2=NCCC2)nc(C2=NCCC2)c1.c1cc(C2=NCCC2)nc(C2=NCCC2)c1. The smallest absolute Gasteiger partial charge is 0.308 e. The first kappa shape index (κ1) is 161. The maximum Gasteiger partial charge on any atom is 0.308 e. The molecular formula is C104H177Co5N15O20. The van der Waals surface area contributed by atoms with Gasteiger partial charge in [0, 0.05) is 184 Å². The van der Waals surface area contributed by atoms with Crippen LogP contribution in [-0.4, -0.2) is 288 Å². The van der Waals surface area contributed by atoms with Gasteiger partial charge in [-0.3, -0.25) is 73.9 Å². The summed E-state index contributed by atoms with van der Waals surface area (Å²) >= 11 is 0. The van der Waals surface area contributed by atoms with Crippen molar-refractivity contribution in [3.8, 4) is 0 Å². The van der Waals surface area contributed by atoms with Crippen LogP contribution in [0, 0.1) is 10.8 Å². The van der Waals surface area contributed by atoms with Gasteiger partial charge in [0.05, 0.1) is 119 Å². The summed E-state index contributed by atoms with van der Waals surface area (Å²) < 4.78 is 0. The van der Waals surface area contributed by atoms with Crippen molar-refractivity contribution >= 4 is 87.0 Å². The third-order valence-corrected chi connectivity index (χ3v) is 18.6. The number of carbonyl (C=O) groups is 5. The van der Waals surface area contributed by atoms with Gasteiger partial charge in [-0.15, -0.1) is 0 Å². The van der Waals surface area contributed by atoms with E-state index in [1.807, 2.05) is 96.1 Å². The zero-order valence-corrected chi connectivity index (χ0v) is 94.6. The summed E-state index contributed by atoms with van der Waals surface area (Å²) in [4.78, 5) is 113. The van der Waals surface area contributed by atoms with E-state index in [4.69, 9.17) is 86.2 Å². The molecule has 4 aliphatic heterocycles. The van der Waals surface area contributed by atoms with Crippen LogP contribution in [0.5, 0.6) is 0 Å². The second-order valence-electron chi connectivity index (χ2n) is 33.7. The van der Waals surface area contributed by atoms with Gasteiger partial charge >= 0.3 is 17.9 Å². The van der Waals surface area contributed by atoms with Gasteiger partial charge in [0.25, 0.3) is 11.9 Å². The largest absolute Gasteiger partial charge is 0.481 e. The Hall–Kier alpha value is -8.07. The molecule has 0 aliphatic carbocycles. The first-order valence-electron chi connectivity index (χ1n) is 47.3. The van der Waals surface area contributed by atoms with Gasteiger partial charge in [0.2, 0.25) is 0 Å². The van der Waals surface area contributed by atoms with Crippen LogP contribution in [0.4, 0.5) is 0 Å². The van der Waals surface area contributed by atoms with Gasteiger partial charge in [0.15, 0.2) is 12.6 Å². The first-order chi connectivity index (χ1) is 64.8. The molecule has 40 heteroatoms. The van der Waals surface area contributed by atoms with E-state index in [9.17, 15) is 14.4 Å². The van der Waals surface area contributed by atoms with Gasteiger partial charge in [-0.05, 0) is 221 Å². The number of aliphatic hydroxyl groups excluding tert-OH is 5. The summed E-state index contributed by atoms with van der Waals surface area (Å²) in [6, 6.07) is 30.0. The monoisotopic (exact) mass is 2250 g/mol. The Morgan fingerprint density at radius 3 is 0.632 bits per heavy atom. The molecule has 0 spiro atoms. The molecule has 0 unspecified atom stereocenters. The molecule has 0 aromatic carbocycles. The van der Waals surface area contributed by atoms with Crippen molar-refractivity contribution in [1.29, 1.82) is 0 Å². The number of carboxylic acids is 5. The third kappa shape index (κ3) is 98.6. The Labute approximate surface area is 911 Å². The van der Waals surface area contributed by atoms with Crippen molar-refractivity contribution in [3.05, 3.63) is 148 Å². The van der Waals surface area contributed by atoms with Crippen LogP contribution in [0.25, 0.3) is 0 Å². The zero-order valence-electron chi connectivity index (χ0n) is 89.4. The fourth-order valence-electron chi connectivity index (χ4n) is 10.4. The minimum atomic E-state index is -1.20. The Morgan fingerprint density at radius 1 is 0.319 bits per heavy atom. The maximum atomic E-state index is 10.0. The van der Waals surface area contributed by atoms with E-state index >= 15 is 0 Å². The van der Waals surface area contributed by atoms with Crippen LogP contribution in [0.15, 0.2) is 141 Å². The second-order valence-corrected chi connectivity index (χ2v) is 33.7. The quantitative estimate of drug-likeness (QED) is 0.0126. The van der Waals surface area contributed by atoms with E-state index in [0.717, 1.165) is 195 Å². The van der Waals surface area contributed by atoms with E-state index in [0.29, 0.717) is 19.3 Å². The van der Waals surface area contributed by atoms with Crippen molar-refractivity contribution in [2.24, 2.45) is 60.8 Å². The number of hydrogen-bond donors (Lipinski definition) is 15. The molecule has 0 bridgehead atoms. The Balaban J connectivity index is -0.000000132. The van der Waals surface area contributed by atoms with E-state index in [1.165, 1.54) is 127 Å². The van der Waals surface area contributed by atoms with Gasteiger partial charge in [-0.2, -0.15) is 0 Å². The molecule has 0 amide bonds. The maximum absolute atomic E-state index is 10.0. The molecule has 833 valence electrons. The van der Waals surface area contributed by atoms with Crippen molar-refractivity contribution < 1.29 is 184 Å². The fourth-order valence-corrected chi connectivity index (χ4v) is 10.4. The molecule has 0 saturated heterocycles. The fraction of sp³-hybridized carbons (Fsp3) is 0.615. The summed E-state index contributed by atoms with van der Waals surface area (Å²) in [5.41, 5.74) is 19.0. The average Bonchev–Trinajstić information content (AvgIpc) is 1.76. The molecule has 5 aromatic heterocycles. The first-order valence-corrected chi connectivity index (χ1v) is 47.3. The van der Waals surface area contributed by atoms with Crippen molar-refractivity contribution in [3.63, 3.8) is 0 Å². The molecule has 15 N–H and O–H groups in total. The van der Waals surface area contributed by atoms with Crippen LogP contribution in [-0.2, 0) is 108 Å². The summed E-state index contributed by atoms with van der Waals surface area (Å²) in [6.07, 6.45) is 21.3. The number of aliphatic imine (C=N–C) groups is 10. The van der Waals surface area contributed by atoms with Crippen LogP contribution >= 0.6 is 0 Å². The minimum absolute atomic E-state index is 0. The molecule has 5 radical (unpaired) electrons. The van der Waals surface area contributed by atoms with Crippen LogP contribution in [0.2, 0.25) is 0 Å². The molecular weight excluding hydrogens is 2070 g/mol. The van der Waals surface area contributed by atoms with Gasteiger partial charge in [0.1, 0.15) is 18.9 Å². The number of unbranched alkanes of at least 4 members (excludes halogenated alkanes) is 12. The number of rotatable bonds is 28. The summed E-state index contributed by atoms with van der Waals surface area (Å²) in [7, 11) is 10.6. The molecule has 0 saturated carbocycles. The molecule has 144 heavy (non-hydrogen) atoms. The second kappa shape index (κ2) is 102. The van der Waals surface area contributed by atoms with Crippen molar-refractivity contribution in [2.75, 3.05) is 68.5 Å². The standard InChI is InChI=1S/2C13H15N3.3C11H15N3.C8H18O2.2C8H16O2.C5H12O2.C5H10O2.3C2H6O2.2C2H4O2.CH4.5Co/c2*1-4-12(10-6-2-8-14-10)16-13(5-1)11-7-3-9-15-11;3*1-8(12-3)10-6-5-7-11(14-10)9(2)13-4;3*1-2-3-4-5-6-7-8(9)10;2*1-5(2,3)4(6)7;5*1-2(3)4;;;;;;/h2*1,4-5H,2-3,6-9H2;3*5-7H,1-4H3;8-10H,2-7H2,1H3;2*2-7H2,1H3,(H,9,10);4,6-7H,1-3H3;1-3H3,(H,6,7);3*2-4H,1H3;2*1H3,(H,3,4);1H4;;;;;. The number of nitrogens with zero attached hydrogens (tertiary/aromatic N) is 15. The number of aliphatic carboxylic acids is 5. The van der Waals surface area contributed by atoms with E-state index in [2.05, 4.69) is 132 Å². The number of pyridine rings is 5. The topological polar surface area (TPSA) is 577 Å². The van der Waals surface area contributed by atoms with E-state index < -0.39 is 66.7 Å². The van der Waals surface area contributed by atoms with Crippen molar-refractivity contribution in [1.82, 2.24) is 24.9 Å². The average molecular weight is 2250 g/mol. The zero-order chi connectivity index (χ0) is 107. The summed E-state index contributed by atoms with van der Waals surface area (Å²) in [5, 5.41) is 119. The predicted molar refractivity (Wildman–Crippen MR) is 566 cm³/mol. The molecule has 9 rings (SSSR count). The van der Waals surface area contributed by atoms with Crippen LogP contribution in [0.3, 0.4) is 0 Å². The Kier molecular flexibility index (Phi) is 114. The number of aliphatic hydroxyl groups is 10. The number of hydrogen-bond acceptors (Lipinski definition) is 30. The molecule has 0 fully saturated rings. The predicted octanol–water partition coefficient (Wildman–Crippen LogP) is 17.1. The molecule has 5 aromatic rings. The molecule has 9 heterocycles. The summed E-state index contributed by atoms with van der Waals surface area (Å²) in [5.74, 6) is -3.76. The van der Waals surface area contributed by atoms with E-state index in [-0.39, 0.29) is 96.7 Å². The summed E-state index contributed by atoms with van der Waals surface area (Å²) in [6.45, 7) is 38.3. The van der Waals surface area contributed by atoms with Crippen LogP contribution in [0.1, 0.15) is 370 Å². The van der Waals surface area contributed by atoms with Gasteiger partial charge in [-0.25, -0.2) is 24.9 Å². The normalized spacial score (nSPS) is 12.6. The van der Waals surface area contributed by atoms with Gasteiger partial charge < -0.3 is 76.6 Å². The number of carboxylic acid groups (broad SMARTS) is 5. The van der Waals surface area contributed by atoms with Gasteiger partial charge in [-0.1, -0.05) is 156 Å².